The van der Waals surface area contributed by atoms with Crippen molar-refractivity contribution in [2.75, 3.05) is 32.2 Å². The molecule has 4 nitrogen and oxygen atoms in total. The Labute approximate surface area is 130 Å². The maximum atomic E-state index is 6.38. The van der Waals surface area contributed by atoms with Crippen LogP contribution in [0.15, 0.2) is 41.0 Å². The summed E-state index contributed by atoms with van der Waals surface area (Å²) >= 11 is 6.38. The molecule has 21 heavy (non-hydrogen) atoms. The van der Waals surface area contributed by atoms with Gasteiger partial charge in [0, 0.05) is 27.2 Å². The highest BCUT2D eigenvalue weighted by molar-refractivity contribution is 6.33. The molecule has 1 N–H and O–H groups in total. The molecule has 114 valence electrons. The van der Waals surface area contributed by atoms with Crippen LogP contribution in [0.3, 0.4) is 0 Å². The molecule has 2 aromatic rings. The van der Waals surface area contributed by atoms with Gasteiger partial charge in [-0.3, -0.25) is 0 Å². The van der Waals surface area contributed by atoms with Crippen LogP contribution < -0.4 is 10.2 Å². The van der Waals surface area contributed by atoms with Crippen molar-refractivity contribution in [2.24, 2.45) is 0 Å². The van der Waals surface area contributed by atoms with Gasteiger partial charge in [0.2, 0.25) is 0 Å². The van der Waals surface area contributed by atoms with Crippen LogP contribution in [0.1, 0.15) is 11.3 Å². The Bertz CT molecular complexity index is 543. The van der Waals surface area contributed by atoms with E-state index in [0.717, 1.165) is 35.1 Å². The highest BCUT2D eigenvalue weighted by atomic mass is 35.5. The van der Waals surface area contributed by atoms with Gasteiger partial charge in [0.1, 0.15) is 5.76 Å². The molecule has 0 spiro atoms. The van der Waals surface area contributed by atoms with Crippen molar-refractivity contribution in [1.29, 1.82) is 0 Å². The smallest absolute Gasteiger partial charge is 0.123 e. The zero-order chi connectivity index (χ0) is 15.1. The number of nitrogens with zero attached hydrogens (tertiary/aromatic N) is 1. The first-order valence-electron chi connectivity index (χ1n) is 6.93. The number of halogens is 1. The molecule has 1 aromatic heterocycles. The van der Waals surface area contributed by atoms with E-state index >= 15 is 0 Å². The van der Waals surface area contributed by atoms with Crippen LogP contribution in [0.4, 0.5) is 5.69 Å². The fraction of sp³-hybridized carbons (Fsp3) is 0.375. The summed E-state index contributed by atoms with van der Waals surface area (Å²) in [6.45, 7) is 2.94. The van der Waals surface area contributed by atoms with Crippen LogP contribution >= 0.6 is 11.6 Å². The monoisotopic (exact) mass is 308 g/mol. The number of hydrogen-bond acceptors (Lipinski definition) is 4. The molecular weight excluding hydrogens is 288 g/mol. The second-order valence-corrected chi connectivity index (χ2v) is 5.26. The van der Waals surface area contributed by atoms with Crippen LogP contribution in [-0.2, 0) is 17.8 Å². The highest BCUT2D eigenvalue weighted by Crippen LogP contribution is 2.30. The standard InChI is InChI=1S/C16H21ClN2O2/c1-19(12-14-6-4-9-21-14)16-13(5-3-7-15(16)17)11-18-8-10-20-2/h3-7,9,18H,8,10-12H2,1-2H3. The molecule has 0 saturated carbocycles. The summed E-state index contributed by atoms with van der Waals surface area (Å²) in [7, 11) is 3.71. The summed E-state index contributed by atoms with van der Waals surface area (Å²) in [5.41, 5.74) is 2.19. The van der Waals surface area contributed by atoms with E-state index < -0.39 is 0 Å². The third-order valence-electron chi connectivity index (χ3n) is 3.22. The van der Waals surface area contributed by atoms with Gasteiger partial charge in [0.15, 0.2) is 0 Å². The number of furan rings is 1. The van der Waals surface area contributed by atoms with Gasteiger partial charge < -0.3 is 19.4 Å². The second kappa shape index (κ2) is 8.08. The summed E-state index contributed by atoms with van der Waals surface area (Å²) < 4.78 is 10.4. The predicted octanol–water partition coefficient (Wildman–Crippen LogP) is 3.31. The van der Waals surface area contributed by atoms with E-state index in [1.165, 1.54) is 0 Å². The molecule has 0 saturated heterocycles. The summed E-state index contributed by atoms with van der Waals surface area (Å²) in [6.07, 6.45) is 1.68. The Balaban J connectivity index is 2.09. The van der Waals surface area contributed by atoms with Gasteiger partial charge in [-0.15, -0.1) is 0 Å². The fourth-order valence-corrected chi connectivity index (χ4v) is 2.58. The average Bonchev–Trinajstić information content (AvgIpc) is 2.96. The Morgan fingerprint density at radius 3 is 2.86 bits per heavy atom. The Morgan fingerprint density at radius 2 is 2.14 bits per heavy atom. The number of hydrogen-bond donors (Lipinski definition) is 1. The van der Waals surface area contributed by atoms with Crippen molar-refractivity contribution in [3.63, 3.8) is 0 Å². The summed E-state index contributed by atoms with van der Waals surface area (Å²) in [4.78, 5) is 2.11. The van der Waals surface area contributed by atoms with Crippen LogP contribution in [0.2, 0.25) is 5.02 Å². The van der Waals surface area contributed by atoms with E-state index in [1.807, 2.05) is 31.3 Å². The molecular formula is C16H21ClN2O2. The van der Waals surface area contributed by atoms with Crippen LogP contribution in [-0.4, -0.2) is 27.3 Å². The molecule has 5 heteroatoms. The predicted molar refractivity (Wildman–Crippen MR) is 85.8 cm³/mol. The largest absolute Gasteiger partial charge is 0.467 e. The minimum Gasteiger partial charge on any atom is -0.467 e. The number of anilines is 1. The summed E-state index contributed by atoms with van der Waals surface area (Å²) in [6, 6.07) is 9.82. The van der Waals surface area contributed by atoms with Crippen LogP contribution in [0.5, 0.6) is 0 Å². The van der Waals surface area contributed by atoms with Crippen molar-refractivity contribution >= 4 is 17.3 Å². The lowest BCUT2D eigenvalue weighted by Gasteiger charge is -2.23. The molecule has 0 amide bonds. The van der Waals surface area contributed by atoms with E-state index in [0.29, 0.717) is 13.2 Å². The van der Waals surface area contributed by atoms with E-state index in [9.17, 15) is 0 Å². The van der Waals surface area contributed by atoms with Crippen LogP contribution in [0.25, 0.3) is 0 Å². The first kappa shape index (κ1) is 15.9. The molecule has 0 atom stereocenters. The maximum Gasteiger partial charge on any atom is 0.123 e. The SMILES string of the molecule is COCCNCc1cccc(Cl)c1N(C)Cc1ccco1. The van der Waals surface area contributed by atoms with Crippen molar-refractivity contribution in [3.05, 3.63) is 52.9 Å². The number of methoxy groups -OCH3 is 1. The van der Waals surface area contributed by atoms with Gasteiger partial charge in [0.05, 0.1) is 30.1 Å². The quantitative estimate of drug-likeness (QED) is 0.759. The minimum absolute atomic E-state index is 0.682. The third kappa shape index (κ3) is 4.49. The average molecular weight is 309 g/mol. The van der Waals surface area contributed by atoms with Crippen molar-refractivity contribution in [2.45, 2.75) is 13.1 Å². The molecule has 0 fully saturated rings. The van der Waals surface area contributed by atoms with Crippen molar-refractivity contribution in [1.82, 2.24) is 5.32 Å². The van der Waals surface area contributed by atoms with Gasteiger partial charge in [-0.2, -0.15) is 0 Å². The first-order chi connectivity index (χ1) is 10.2. The lowest BCUT2D eigenvalue weighted by Crippen LogP contribution is -2.22. The van der Waals surface area contributed by atoms with E-state index in [2.05, 4.69) is 16.3 Å². The molecule has 0 radical (unpaired) electrons. The zero-order valence-corrected chi connectivity index (χ0v) is 13.2. The molecule has 0 aliphatic carbocycles. The molecule has 0 bridgehead atoms. The van der Waals surface area contributed by atoms with Gasteiger partial charge in [-0.25, -0.2) is 0 Å². The molecule has 0 aliphatic rings. The number of ether oxygens (including phenoxy) is 1. The van der Waals surface area contributed by atoms with Gasteiger partial charge in [-0.05, 0) is 23.8 Å². The van der Waals surface area contributed by atoms with Gasteiger partial charge in [-0.1, -0.05) is 23.7 Å². The van der Waals surface area contributed by atoms with Crippen LogP contribution in [0, 0.1) is 0 Å². The molecule has 0 unspecified atom stereocenters. The van der Waals surface area contributed by atoms with E-state index in [-0.39, 0.29) is 0 Å². The summed E-state index contributed by atoms with van der Waals surface area (Å²) in [5.74, 6) is 0.913. The fourth-order valence-electron chi connectivity index (χ4n) is 2.24. The molecule has 1 aromatic carbocycles. The van der Waals surface area contributed by atoms with Gasteiger partial charge in [0.25, 0.3) is 0 Å². The molecule has 0 aliphatic heterocycles. The lowest BCUT2D eigenvalue weighted by molar-refractivity contribution is 0.199. The number of nitrogens with one attached hydrogen (secondary N) is 1. The zero-order valence-electron chi connectivity index (χ0n) is 12.4. The topological polar surface area (TPSA) is 37.6 Å². The van der Waals surface area contributed by atoms with E-state index in [1.54, 1.807) is 13.4 Å². The normalized spacial score (nSPS) is 10.8. The number of benzene rings is 1. The number of rotatable bonds is 8. The second-order valence-electron chi connectivity index (χ2n) is 4.85. The highest BCUT2D eigenvalue weighted by Gasteiger charge is 2.12. The van der Waals surface area contributed by atoms with E-state index in [4.69, 9.17) is 20.8 Å². The Kier molecular flexibility index (Phi) is 6.11. The first-order valence-corrected chi connectivity index (χ1v) is 7.30. The molecule has 2 rings (SSSR count). The Hall–Kier alpha value is -1.49. The summed E-state index contributed by atoms with van der Waals surface area (Å²) in [5, 5.41) is 4.10. The van der Waals surface area contributed by atoms with Crippen molar-refractivity contribution < 1.29 is 9.15 Å². The maximum absolute atomic E-state index is 6.38. The third-order valence-corrected chi connectivity index (χ3v) is 3.53. The van der Waals surface area contributed by atoms with Crippen molar-refractivity contribution in [3.8, 4) is 0 Å². The number of para-hydroxylation sites is 1. The Morgan fingerprint density at radius 1 is 1.29 bits per heavy atom. The molecule has 1 heterocycles. The van der Waals surface area contributed by atoms with Gasteiger partial charge >= 0.3 is 0 Å². The minimum atomic E-state index is 0.682. The lowest BCUT2D eigenvalue weighted by atomic mass is 10.1.